The predicted octanol–water partition coefficient (Wildman–Crippen LogP) is 2.85. The summed E-state index contributed by atoms with van der Waals surface area (Å²) in [7, 11) is 0. The standard InChI is InChI=1S/C13H15N3OS/c1-3-9-4-5-18-11(9)13(17)16-12-8(2)6-10(14)7-15-12/h4-7H,3,14H2,1-2H3,(H,15,16,17). The Morgan fingerprint density at radius 3 is 3.00 bits per heavy atom. The molecule has 0 saturated heterocycles. The van der Waals surface area contributed by atoms with E-state index in [1.165, 1.54) is 17.5 Å². The molecular formula is C13H15N3OS. The number of anilines is 2. The highest BCUT2D eigenvalue weighted by atomic mass is 32.1. The van der Waals surface area contributed by atoms with Crippen molar-refractivity contribution in [1.29, 1.82) is 0 Å². The molecule has 94 valence electrons. The number of nitrogens with zero attached hydrogens (tertiary/aromatic N) is 1. The van der Waals surface area contributed by atoms with E-state index in [0.717, 1.165) is 22.4 Å². The smallest absolute Gasteiger partial charge is 0.267 e. The molecule has 0 fully saturated rings. The summed E-state index contributed by atoms with van der Waals surface area (Å²) in [6.45, 7) is 3.90. The Labute approximate surface area is 110 Å². The van der Waals surface area contributed by atoms with E-state index in [4.69, 9.17) is 5.73 Å². The summed E-state index contributed by atoms with van der Waals surface area (Å²) in [5, 5.41) is 4.75. The maximum absolute atomic E-state index is 12.1. The summed E-state index contributed by atoms with van der Waals surface area (Å²) in [5.41, 5.74) is 8.14. The molecule has 0 aliphatic carbocycles. The van der Waals surface area contributed by atoms with Crippen molar-refractivity contribution in [3.63, 3.8) is 0 Å². The van der Waals surface area contributed by atoms with Gasteiger partial charge in [-0.1, -0.05) is 6.92 Å². The topological polar surface area (TPSA) is 68.0 Å². The number of amides is 1. The van der Waals surface area contributed by atoms with Crippen LogP contribution in [-0.2, 0) is 6.42 Å². The van der Waals surface area contributed by atoms with Crippen molar-refractivity contribution in [3.05, 3.63) is 39.7 Å². The number of hydrogen-bond donors (Lipinski definition) is 2. The van der Waals surface area contributed by atoms with E-state index in [9.17, 15) is 4.79 Å². The summed E-state index contributed by atoms with van der Waals surface area (Å²) in [5.74, 6) is 0.451. The Morgan fingerprint density at radius 2 is 2.33 bits per heavy atom. The van der Waals surface area contributed by atoms with Gasteiger partial charge in [0.1, 0.15) is 5.82 Å². The maximum atomic E-state index is 12.1. The number of carbonyl (C=O) groups excluding carboxylic acids is 1. The largest absolute Gasteiger partial charge is 0.397 e. The van der Waals surface area contributed by atoms with Crippen molar-refractivity contribution in [3.8, 4) is 0 Å². The number of nitrogen functional groups attached to an aromatic ring is 1. The second-order valence-electron chi connectivity index (χ2n) is 4.02. The van der Waals surface area contributed by atoms with Gasteiger partial charge < -0.3 is 11.1 Å². The first-order chi connectivity index (χ1) is 8.61. The van der Waals surface area contributed by atoms with Crippen molar-refractivity contribution < 1.29 is 4.79 Å². The maximum Gasteiger partial charge on any atom is 0.267 e. The summed E-state index contributed by atoms with van der Waals surface area (Å²) < 4.78 is 0. The van der Waals surface area contributed by atoms with Gasteiger partial charge in [-0.05, 0) is 42.0 Å². The molecule has 0 aromatic carbocycles. The van der Waals surface area contributed by atoms with E-state index in [1.54, 1.807) is 6.07 Å². The molecule has 0 bridgehead atoms. The van der Waals surface area contributed by atoms with E-state index in [2.05, 4.69) is 10.3 Å². The SMILES string of the molecule is CCc1ccsc1C(=O)Nc1ncc(N)cc1C. The lowest BCUT2D eigenvalue weighted by Crippen LogP contribution is -2.14. The Balaban J connectivity index is 2.21. The van der Waals surface area contributed by atoms with Crippen LogP contribution in [0.3, 0.4) is 0 Å². The quantitative estimate of drug-likeness (QED) is 0.892. The van der Waals surface area contributed by atoms with Gasteiger partial charge in [0.25, 0.3) is 5.91 Å². The van der Waals surface area contributed by atoms with Gasteiger partial charge in [-0.25, -0.2) is 4.98 Å². The molecule has 18 heavy (non-hydrogen) atoms. The Kier molecular flexibility index (Phi) is 3.62. The van der Waals surface area contributed by atoms with Crippen molar-refractivity contribution in [2.24, 2.45) is 0 Å². The van der Waals surface area contributed by atoms with Gasteiger partial charge in [-0.2, -0.15) is 0 Å². The van der Waals surface area contributed by atoms with Crippen molar-refractivity contribution in [1.82, 2.24) is 4.98 Å². The van der Waals surface area contributed by atoms with E-state index in [1.807, 2.05) is 25.3 Å². The van der Waals surface area contributed by atoms with Crippen molar-refractivity contribution >= 4 is 28.7 Å². The lowest BCUT2D eigenvalue weighted by atomic mass is 10.2. The van der Waals surface area contributed by atoms with E-state index in [-0.39, 0.29) is 5.91 Å². The summed E-state index contributed by atoms with van der Waals surface area (Å²) >= 11 is 1.45. The van der Waals surface area contributed by atoms with Crippen molar-refractivity contribution in [2.75, 3.05) is 11.1 Å². The van der Waals surface area contributed by atoms with E-state index in [0.29, 0.717) is 11.5 Å². The third-order valence-electron chi connectivity index (χ3n) is 2.67. The van der Waals surface area contributed by atoms with Crippen LogP contribution in [0.4, 0.5) is 11.5 Å². The number of rotatable bonds is 3. The van der Waals surface area contributed by atoms with Crippen LogP contribution < -0.4 is 11.1 Å². The predicted molar refractivity (Wildman–Crippen MR) is 75.0 cm³/mol. The van der Waals surface area contributed by atoms with Crippen LogP contribution >= 0.6 is 11.3 Å². The average molecular weight is 261 g/mol. The van der Waals surface area contributed by atoms with E-state index >= 15 is 0 Å². The van der Waals surface area contributed by atoms with Crippen LogP contribution in [0.5, 0.6) is 0 Å². The summed E-state index contributed by atoms with van der Waals surface area (Å²) in [4.78, 5) is 17.0. The lowest BCUT2D eigenvalue weighted by molar-refractivity contribution is 0.102. The molecule has 1 amide bonds. The van der Waals surface area contributed by atoms with Crippen LogP contribution in [0.2, 0.25) is 0 Å². The van der Waals surface area contributed by atoms with Crippen LogP contribution in [-0.4, -0.2) is 10.9 Å². The lowest BCUT2D eigenvalue weighted by Gasteiger charge is -2.07. The Morgan fingerprint density at radius 1 is 1.56 bits per heavy atom. The van der Waals surface area contributed by atoms with Crippen LogP contribution in [0.15, 0.2) is 23.7 Å². The molecule has 2 aromatic heterocycles. The number of pyridine rings is 1. The molecule has 0 spiro atoms. The minimum Gasteiger partial charge on any atom is -0.397 e. The van der Waals surface area contributed by atoms with Gasteiger partial charge in [0.05, 0.1) is 16.8 Å². The molecule has 0 aliphatic rings. The third-order valence-corrected chi connectivity index (χ3v) is 3.62. The first-order valence-corrected chi connectivity index (χ1v) is 6.59. The fourth-order valence-corrected chi connectivity index (χ4v) is 2.60. The highest BCUT2D eigenvalue weighted by molar-refractivity contribution is 7.12. The minimum atomic E-state index is -0.109. The average Bonchev–Trinajstić information content (AvgIpc) is 2.81. The highest BCUT2D eigenvalue weighted by Crippen LogP contribution is 2.20. The zero-order valence-electron chi connectivity index (χ0n) is 10.4. The molecular weight excluding hydrogens is 246 g/mol. The normalized spacial score (nSPS) is 10.3. The zero-order valence-corrected chi connectivity index (χ0v) is 11.2. The molecule has 2 rings (SSSR count). The summed E-state index contributed by atoms with van der Waals surface area (Å²) in [6, 6.07) is 3.76. The molecule has 3 N–H and O–H groups in total. The number of hydrogen-bond acceptors (Lipinski definition) is 4. The molecule has 0 saturated carbocycles. The number of thiophene rings is 1. The van der Waals surface area contributed by atoms with Gasteiger partial charge in [0, 0.05) is 0 Å². The molecule has 4 nitrogen and oxygen atoms in total. The second-order valence-corrected chi connectivity index (χ2v) is 4.93. The van der Waals surface area contributed by atoms with Gasteiger partial charge in [0.2, 0.25) is 0 Å². The zero-order chi connectivity index (χ0) is 13.1. The highest BCUT2D eigenvalue weighted by Gasteiger charge is 2.13. The molecule has 0 aliphatic heterocycles. The number of nitrogens with one attached hydrogen (secondary N) is 1. The fourth-order valence-electron chi connectivity index (χ4n) is 1.71. The Hall–Kier alpha value is -1.88. The van der Waals surface area contributed by atoms with Crippen molar-refractivity contribution in [2.45, 2.75) is 20.3 Å². The first-order valence-electron chi connectivity index (χ1n) is 5.71. The molecule has 0 atom stereocenters. The summed E-state index contributed by atoms with van der Waals surface area (Å²) in [6.07, 6.45) is 2.39. The molecule has 2 heterocycles. The molecule has 0 radical (unpaired) electrons. The molecule has 0 unspecified atom stereocenters. The number of nitrogens with two attached hydrogens (primary N) is 1. The van der Waals surface area contributed by atoms with Crippen LogP contribution in [0.1, 0.15) is 27.7 Å². The van der Waals surface area contributed by atoms with E-state index < -0.39 is 0 Å². The van der Waals surface area contributed by atoms with Crippen LogP contribution in [0, 0.1) is 6.92 Å². The van der Waals surface area contributed by atoms with Gasteiger partial charge in [-0.15, -0.1) is 11.3 Å². The molecule has 2 aromatic rings. The first kappa shape index (κ1) is 12.6. The molecule has 5 heteroatoms. The number of carbonyl (C=O) groups is 1. The third kappa shape index (κ3) is 2.51. The Bertz CT molecular complexity index is 577. The van der Waals surface area contributed by atoms with Gasteiger partial charge in [0.15, 0.2) is 0 Å². The number of aromatic nitrogens is 1. The monoisotopic (exact) mass is 261 g/mol. The minimum absolute atomic E-state index is 0.109. The second kappa shape index (κ2) is 5.18. The fraction of sp³-hybridized carbons (Fsp3) is 0.231. The van der Waals surface area contributed by atoms with Gasteiger partial charge >= 0.3 is 0 Å². The van der Waals surface area contributed by atoms with Gasteiger partial charge in [-0.3, -0.25) is 4.79 Å². The number of aryl methyl sites for hydroxylation is 2. The van der Waals surface area contributed by atoms with Crippen LogP contribution in [0.25, 0.3) is 0 Å².